The van der Waals surface area contributed by atoms with Crippen molar-refractivity contribution in [3.05, 3.63) is 95.7 Å². The minimum Gasteiger partial charge on any atom is -0.480 e. The van der Waals surface area contributed by atoms with Gasteiger partial charge in [-0.05, 0) is 33.9 Å². The first kappa shape index (κ1) is 22.7. The van der Waals surface area contributed by atoms with E-state index in [4.69, 9.17) is 4.74 Å². The van der Waals surface area contributed by atoms with E-state index >= 15 is 0 Å². The lowest BCUT2D eigenvalue weighted by molar-refractivity contribution is -0.139. The normalized spacial score (nSPS) is 13.3. The molecule has 1 aromatic heterocycles. The van der Waals surface area contributed by atoms with Gasteiger partial charge in [0.25, 0.3) is 0 Å². The Morgan fingerprint density at radius 3 is 2.23 bits per heavy atom. The highest BCUT2D eigenvalue weighted by Crippen LogP contribution is 2.44. The molecule has 178 valence electrons. The maximum Gasteiger partial charge on any atom is 0.407 e. The monoisotopic (exact) mass is 470 g/mol. The second-order valence-electron chi connectivity index (χ2n) is 8.65. The number of aliphatic hydroxyl groups is 1. The quantitative estimate of drug-likeness (QED) is 0.359. The number of ether oxygens (including phenoxy) is 1. The van der Waals surface area contributed by atoms with E-state index < -0.39 is 18.1 Å². The molecule has 35 heavy (non-hydrogen) atoms. The smallest absolute Gasteiger partial charge is 0.407 e. The molecule has 0 saturated carbocycles. The minimum absolute atomic E-state index is 0.0293. The molecule has 0 radical (unpaired) electrons. The molecule has 7 heteroatoms. The number of nitrogens with zero attached hydrogens (tertiary/aromatic N) is 1. The predicted molar refractivity (Wildman–Crippen MR) is 132 cm³/mol. The topological polar surface area (TPSA) is 101 Å². The first-order valence-electron chi connectivity index (χ1n) is 11.6. The SMILES string of the molecule is O=C(N[C@@H](Cc1cn(CCO)c2ccccc12)C(=O)O)OCC1c2ccccc2-c2ccccc21. The molecule has 0 unspecified atom stereocenters. The molecule has 7 nitrogen and oxygen atoms in total. The van der Waals surface area contributed by atoms with Gasteiger partial charge >= 0.3 is 12.1 Å². The molecule has 3 N–H and O–H groups in total. The van der Waals surface area contributed by atoms with Crippen LogP contribution >= 0.6 is 0 Å². The van der Waals surface area contributed by atoms with Crippen molar-refractivity contribution < 1.29 is 24.5 Å². The van der Waals surface area contributed by atoms with Crippen LogP contribution in [0.3, 0.4) is 0 Å². The van der Waals surface area contributed by atoms with E-state index in [0.717, 1.165) is 38.7 Å². The van der Waals surface area contributed by atoms with Crippen LogP contribution in [-0.2, 0) is 22.5 Å². The first-order chi connectivity index (χ1) is 17.1. The van der Waals surface area contributed by atoms with Crippen molar-refractivity contribution in [2.45, 2.75) is 24.9 Å². The van der Waals surface area contributed by atoms with Crippen LogP contribution in [0.4, 0.5) is 4.79 Å². The number of carboxylic acid groups (broad SMARTS) is 1. The third kappa shape index (κ3) is 4.38. The molecule has 3 aromatic carbocycles. The Labute approximate surface area is 202 Å². The van der Waals surface area contributed by atoms with E-state index in [9.17, 15) is 19.8 Å². The minimum atomic E-state index is -1.15. The lowest BCUT2D eigenvalue weighted by Gasteiger charge is -2.17. The molecule has 4 aromatic rings. The molecule has 5 rings (SSSR count). The summed E-state index contributed by atoms with van der Waals surface area (Å²) < 4.78 is 7.42. The number of carbonyl (C=O) groups is 2. The number of nitrogens with one attached hydrogen (secondary N) is 1. The van der Waals surface area contributed by atoms with Gasteiger partial charge in [0.2, 0.25) is 0 Å². The first-order valence-corrected chi connectivity index (χ1v) is 11.6. The van der Waals surface area contributed by atoms with Gasteiger partial charge in [0, 0.05) is 36.0 Å². The van der Waals surface area contributed by atoms with Crippen molar-refractivity contribution in [2.75, 3.05) is 13.2 Å². The molecule has 1 heterocycles. The summed E-state index contributed by atoms with van der Waals surface area (Å²) in [4.78, 5) is 24.6. The molecule has 0 spiro atoms. The van der Waals surface area contributed by atoms with Gasteiger partial charge < -0.3 is 24.8 Å². The summed E-state index contributed by atoms with van der Waals surface area (Å²) in [5.41, 5.74) is 6.11. The second-order valence-corrected chi connectivity index (χ2v) is 8.65. The zero-order valence-corrected chi connectivity index (χ0v) is 19.1. The van der Waals surface area contributed by atoms with E-state index in [2.05, 4.69) is 17.4 Å². The van der Waals surface area contributed by atoms with Crippen LogP contribution in [-0.4, -0.2) is 46.1 Å². The summed E-state index contributed by atoms with van der Waals surface area (Å²) in [7, 11) is 0. The number of aromatic nitrogens is 1. The third-order valence-electron chi connectivity index (χ3n) is 6.57. The highest BCUT2D eigenvalue weighted by Gasteiger charge is 2.30. The fourth-order valence-electron chi connectivity index (χ4n) is 4.98. The molecule has 0 bridgehead atoms. The summed E-state index contributed by atoms with van der Waals surface area (Å²) in [5, 5.41) is 22.6. The fraction of sp³-hybridized carbons (Fsp3) is 0.214. The van der Waals surface area contributed by atoms with E-state index in [1.54, 1.807) is 0 Å². The number of fused-ring (bicyclic) bond motifs is 4. The van der Waals surface area contributed by atoms with Crippen molar-refractivity contribution >= 4 is 23.0 Å². The third-order valence-corrected chi connectivity index (χ3v) is 6.57. The lowest BCUT2D eigenvalue weighted by atomic mass is 9.98. The Bertz CT molecular complexity index is 1350. The van der Waals surface area contributed by atoms with Gasteiger partial charge in [0.05, 0.1) is 6.61 Å². The summed E-state index contributed by atoms with van der Waals surface area (Å²) in [5.74, 6) is -1.25. The van der Waals surface area contributed by atoms with Crippen molar-refractivity contribution in [3.63, 3.8) is 0 Å². The number of aliphatic hydroxyl groups excluding tert-OH is 1. The second kappa shape index (κ2) is 9.64. The van der Waals surface area contributed by atoms with Crippen molar-refractivity contribution in [2.24, 2.45) is 0 Å². The number of carboxylic acids is 1. The lowest BCUT2D eigenvalue weighted by Crippen LogP contribution is -2.42. The van der Waals surface area contributed by atoms with Crippen molar-refractivity contribution in [1.29, 1.82) is 0 Å². The molecule has 0 fully saturated rings. The Hall–Kier alpha value is -4.10. The number of benzene rings is 3. The number of amides is 1. The van der Waals surface area contributed by atoms with E-state index in [1.165, 1.54) is 0 Å². The Morgan fingerprint density at radius 2 is 1.57 bits per heavy atom. The number of hydrogen-bond acceptors (Lipinski definition) is 4. The van der Waals surface area contributed by atoms with Crippen LogP contribution in [0.25, 0.3) is 22.0 Å². The maximum absolute atomic E-state index is 12.7. The Kier molecular flexibility index (Phi) is 6.25. The van der Waals surface area contributed by atoms with Gasteiger partial charge in [0.1, 0.15) is 12.6 Å². The number of alkyl carbamates (subject to hydrolysis) is 1. The van der Waals surface area contributed by atoms with Gasteiger partial charge in [-0.25, -0.2) is 9.59 Å². The van der Waals surface area contributed by atoms with Gasteiger partial charge in [-0.15, -0.1) is 0 Å². The van der Waals surface area contributed by atoms with Crippen LogP contribution in [0.1, 0.15) is 22.6 Å². The van der Waals surface area contributed by atoms with Crippen LogP contribution in [0, 0.1) is 0 Å². The standard InChI is InChI=1S/C28H26N2O5/c31-14-13-30-16-18(19-7-5-6-12-26(19)30)15-25(27(32)33)29-28(34)35-17-24-22-10-3-1-8-20(22)21-9-2-4-11-23(21)24/h1-12,16,24-25,31H,13-15,17H2,(H,29,34)(H,32,33)/t25-/m0/s1. The van der Waals surface area contributed by atoms with Crippen LogP contribution < -0.4 is 5.32 Å². The zero-order chi connectivity index (χ0) is 24.4. The molecular weight excluding hydrogens is 444 g/mol. The predicted octanol–water partition coefficient (Wildman–Crippen LogP) is 4.17. The maximum atomic E-state index is 12.7. The van der Waals surface area contributed by atoms with Crippen molar-refractivity contribution in [3.8, 4) is 11.1 Å². The van der Waals surface area contributed by atoms with Gasteiger partial charge in [-0.2, -0.15) is 0 Å². The largest absolute Gasteiger partial charge is 0.480 e. The number of carbonyl (C=O) groups excluding carboxylic acids is 1. The summed E-state index contributed by atoms with van der Waals surface area (Å²) in [6, 6.07) is 22.5. The average molecular weight is 471 g/mol. The molecule has 1 aliphatic rings. The van der Waals surface area contributed by atoms with Crippen LogP contribution in [0.15, 0.2) is 79.0 Å². The number of aliphatic carboxylic acids is 1. The molecule has 0 aliphatic heterocycles. The highest BCUT2D eigenvalue weighted by molar-refractivity contribution is 5.86. The van der Waals surface area contributed by atoms with Gasteiger partial charge in [-0.3, -0.25) is 0 Å². The Balaban J connectivity index is 1.30. The van der Waals surface area contributed by atoms with E-state index in [-0.39, 0.29) is 25.6 Å². The molecule has 1 amide bonds. The number of para-hydroxylation sites is 1. The number of rotatable bonds is 8. The molecule has 1 aliphatic carbocycles. The van der Waals surface area contributed by atoms with Gasteiger partial charge in [-0.1, -0.05) is 66.7 Å². The van der Waals surface area contributed by atoms with E-state index in [1.807, 2.05) is 71.4 Å². The zero-order valence-electron chi connectivity index (χ0n) is 19.1. The van der Waals surface area contributed by atoms with Crippen LogP contribution in [0.5, 0.6) is 0 Å². The van der Waals surface area contributed by atoms with E-state index in [0.29, 0.717) is 6.54 Å². The Morgan fingerprint density at radius 1 is 0.943 bits per heavy atom. The molecular formula is C28H26N2O5. The fourth-order valence-corrected chi connectivity index (χ4v) is 4.98. The average Bonchev–Trinajstić information content (AvgIpc) is 3.38. The number of hydrogen-bond donors (Lipinski definition) is 3. The highest BCUT2D eigenvalue weighted by atomic mass is 16.5. The summed E-state index contributed by atoms with van der Waals surface area (Å²) in [6.07, 6.45) is 1.16. The molecule has 1 atom stereocenters. The van der Waals surface area contributed by atoms with Crippen LogP contribution in [0.2, 0.25) is 0 Å². The molecule has 0 saturated heterocycles. The summed E-state index contributed by atoms with van der Waals surface area (Å²) >= 11 is 0. The summed E-state index contributed by atoms with van der Waals surface area (Å²) in [6.45, 7) is 0.485. The van der Waals surface area contributed by atoms with Crippen molar-refractivity contribution in [1.82, 2.24) is 9.88 Å². The van der Waals surface area contributed by atoms with Gasteiger partial charge in [0.15, 0.2) is 0 Å².